The molecule has 0 amide bonds. The molecule has 1 unspecified atom stereocenters. The number of hydrogen-bond donors (Lipinski definition) is 1. The van der Waals surface area contributed by atoms with Crippen molar-refractivity contribution in [1.29, 1.82) is 0 Å². The lowest BCUT2D eigenvalue weighted by atomic mass is 10.1. The Balaban J connectivity index is 2.51. The lowest BCUT2D eigenvalue weighted by molar-refractivity contribution is 0.120. The van der Waals surface area contributed by atoms with Crippen LogP contribution in [0.3, 0.4) is 0 Å². The van der Waals surface area contributed by atoms with Crippen molar-refractivity contribution in [1.82, 2.24) is 4.98 Å². The molecule has 3 heteroatoms. The standard InChI is InChI=1S/C11H18N2O/c1-3-7-14-8-10(12)11-9(2)5-4-6-13-11/h4-6,10H,3,7-8,12H2,1-2H3. The van der Waals surface area contributed by atoms with Gasteiger partial charge in [-0.1, -0.05) is 13.0 Å². The largest absolute Gasteiger partial charge is 0.379 e. The normalized spacial score (nSPS) is 12.8. The van der Waals surface area contributed by atoms with E-state index >= 15 is 0 Å². The topological polar surface area (TPSA) is 48.1 Å². The summed E-state index contributed by atoms with van der Waals surface area (Å²) in [5.41, 5.74) is 8.01. The van der Waals surface area contributed by atoms with Gasteiger partial charge in [0, 0.05) is 12.8 Å². The molecule has 0 aliphatic carbocycles. The first-order valence-corrected chi connectivity index (χ1v) is 5.00. The van der Waals surface area contributed by atoms with Gasteiger partial charge in [0.05, 0.1) is 18.3 Å². The number of ether oxygens (including phenoxy) is 1. The molecular formula is C11H18N2O. The number of nitrogens with zero attached hydrogens (tertiary/aromatic N) is 1. The van der Waals surface area contributed by atoms with E-state index in [1.165, 1.54) is 0 Å². The van der Waals surface area contributed by atoms with Crippen molar-refractivity contribution >= 4 is 0 Å². The highest BCUT2D eigenvalue weighted by atomic mass is 16.5. The first-order valence-electron chi connectivity index (χ1n) is 5.00. The van der Waals surface area contributed by atoms with E-state index in [0.29, 0.717) is 6.61 Å². The van der Waals surface area contributed by atoms with Gasteiger partial charge < -0.3 is 10.5 Å². The minimum absolute atomic E-state index is 0.109. The Hall–Kier alpha value is -0.930. The maximum atomic E-state index is 5.95. The van der Waals surface area contributed by atoms with Gasteiger partial charge in [-0.2, -0.15) is 0 Å². The van der Waals surface area contributed by atoms with Crippen molar-refractivity contribution in [2.24, 2.45) is 5.73 Å². The van der Waals surface area contributed by atoms with Crippen LogP contribution < -0.4 is 5.73 Å². The zero-order chi connectivity index (χ0) is 10.4. The number of aryl methyl sites for hydroxylation is 1. The summed E-state index contributed by atoms with van der Waals surface area (Å²) < 4.78 is 5.39. The molecule has 1 rings (SSSR count). The van der Waals surface area contributed by atoms with E-state index in [1.54, 1.807) is 6.20 Å². The second kappa shape index (κ2) is 5.73. The molecule has 1 aromatic rings. The van der Waals surface area contributed by atoms with Crippen molar-refractivity contribution in [2.75, 3.05) is 13.2 Å². The summed E-state index contributed by atoms with van der Waals surface area (Å²) in [4.78, 5) is 4.25. The molecular weight excluding hydrogens is 176 g/mol. The molecule has 1 heterocycles. The molecule has 1 aromatic heterocycles. The lowest BCUT2D eigenvalue weighted by Gasteiger charge is -2.13. The average Bonchev–Trinajstić information content (AvgIpc) is 2.18. The van der Waals surface area contributed by atoms with Gasteiger partial charge in [0.2, 0.25) is 0 Å². The second-order valence-electron chi connectivity index (χ2n) is 3.39. The van der Waals surface area contributed by atoms with E-state index in [-0.39, 0.29) is 6.04 Å². The van der Waals surface area contributed by atoms with Crippen LogP contribution in [-0.2, 0) is 4.74 Å². The quantitative estimate of drug-likeness (QED) is 0.727. The number of nitrogens with two attached hydrogens (primary N) is 1. The molecule has 14 heavy (non-hydrogen) atoms. The molecule has 3 nitrogen and oxygen atoms in total. The number of hydrogen-bond acceptors (Lipinski definition) is 3. The zero-order valence-electron chi connectivity index (χ0n) is 8.86. The number of aromatic nitrogens is 1. The van der Waals surface area contributed by atoms with E-state index in [9.17, 15) is 0 Å². The third-order valence-electron chi connectivity index (χ3n) is 2.05. The first kappa shape index (κ1) is 11.1. The molecule has 0 spiro atoms. The molecule has 0 saturated heterocycles. The Morgan fingerprint density at radius 2 is 2.36 bits per heavy atom. The Morgan fingerprint density at radius 3 is 3.00 bits per heavy atom. The van der Waals surface area contributed by atoms with Crippen LogP contribution in [0.15, 0.2) is 18.3 Å². The molecule has 0 radical (unpaired) electrons. The smallest absolute Gasteiger partial charge is 0.0710 e. The maximum Gasteiger partial charge on any atom is 0.0710 e. The third-order valence-corrected chi connectivity index (χ3v) is 2.05. The van der Waals surface area contributed by atoms with E-state index < -0.39 is 0 Å². The zero-order valence-corrected chi connectivity index (χ0v) is 8.86. The highest BCUT2D eigenvalue weighted by Gasteiger charge is 2.09. The number of pyridine rings is 1. The summed E-state index contributed by atoms with van der Waals surface area (Å²) in [7, 11) is 0. The fourth-order valence-electron chi connectivity index (χ4n) is 1.32. The minimum atomic E-state index is -0.109. The van der Waals surface area contributed by atoms with Crippen LogP contribution in [0.25, 0.3) is 0 Å². The molecule has 78 valence electrons. The molecule has 0 fully saturated rings. The first-order chi connectivity index (χ1) is 6.75. The van der Waals surface area contributed by atoms with E-state index in [4.69, 9.17) is 10.5 Å². The van der Waals surface area contributed by atoms with Crippen LogP contribution in [0.2, 0.25) is 0 Å². The van der Waals surface area contributed by atoms with Crippen LogP contribution >= 0.6 is 0 Å². The molecule has 2 N–H and O–H groups in total. The SMILES string of the molecule is CCCOCC(N)c1ncccc1C. The van der Waals surface area contributed by atoms with Gasteiger partial charge in [-0.25, -0.2) is 0 Å². The van der Waals surface area contributed by atoms with E-state index in [1.807, 2.05) is 19.1 Å². The molecule has 0 aromatic carbocycles. The van der Waals surface area contributed by atoms with Crippen molar-refractivity contribution < 1.29 is 4.74 Å². The average molecular weight is 194 g/mol. The predicted molar refractivity (Wildman–Crippen MR) is 57.0 cm³/mol. The highest BCUT2D eigenvalue weighted by molar-refractivity contribution is 5.20. The summed E-state index contributed by atoms with van der Waals surface area (Å²) in [5, 5.41) is 0. The van der Waals surface area contributed by atoms with Crippen LogP contribution in [0.1, 0.15) is 30.6 Å². The lowest BCUT2D eigenvalue weighted by Crippen LogP contribution is -2.19. The van der Waals surface area contributed by atoms with Gasteiger partial charge in [-0.3, -0.25) is 4.98 Å². The van der Waals surface area contributed by atoms with Crippen molar-refractivity contribution in [3.8, 4) is 0 Å². The second-order valence-corrected chi connectivity index (χ2v) is 3.39. The summed E-state index contributed by atoms with van der Waals surface area (Å²) in [5.74, 6) is 0. The number of rotatable bonds is 5. The molecule has 0 saturated carbocycles. The molecule has 0 aliphatic rings. The van der Waals surface area contributed by atoms with Crippen molar-refractivity contribution in [2.45, 2.75) is 26.3 Å². The van der Waals surface area contributed by atoms with Crippen LogP contribution in [-0.4, -0.2) is 18.2 Å². The molecule has 0 aliphatic heterocycles. The van der Waals surface area contributed by atoms with Gasteiger partial charge in [0.25, 0.3) is 0 Å². The summed E-state index contributed by atoms with van der Waals surface area (Å²) in [6.07, 6.45) is 2.79. The molecule has 1 atom stereocenters. The summed E-state index contributed by atoms with van der Waals surface area (Å²) in [6.45, 7) is 5.41. The van der Waals surface area contributed by atoms with Crippen molar-refractivity contribution in [3.63, 3.8) is 0 Å². The highest BCUT2D eigenvalue weighted by Crippen LogP contribution is 2.11. The van der Waals surface area contributed by atoms with Gasteiger partial charge in [0.15, 0.2) is 0 Å². The Kier molecular flexibility index (Phi) is 4.56. The van der Waals surface area contributed by atoms with Crippen molar-refractivity contribution in [3.05, 3.63) is 29.6 Å². The van der Waals surface area contributed by atoms with Gasteiger partial charge in [-0.15, -0.1) is 0 Å². The van der Waals surface area contributed by atoms with Crippen LogP contribution in [0.4, 0.5) is 0 Å². The third kappa shape index (κ3) is 3.09. The Labute approximate surface area is 85.3 Å². The molecule has 0 bridgehead atoms. The van der Waals surface area contributed by atoms with Gasteiger partial charge in [-0.05, 0) is 25.0 Å². The Bertz CT molecular complexity index is 276. The summed E-state index contributed by atoms with van der Waals surface area (Å²) in [6, 6.07) is 3.82. The fraction of sp³-hybridized carbons (Fsp3) is 0.545. The predicted octanol–water partition coefficient (Wildman–Crippen LogP) is 1.82. The van der Waals surface area contributed by atoms with Gasteiger partial charge in [0.1, 0.15) is 0 Å². The minimum Gasteiger partial charge on any atom is -0.379 e. The Morgan fingerprint density at radius 1 is 1.57 bits per heavy atom. The van der Waals surface area contributed by atoms with E-state index in [0.717, 1.165) is 24.3 Å². The van der Waals surface area contributed by atoms with Gasteiger partial charge >= 0.3 is 0 Å². The summed E-state index contributed by atoms with van der Waals surface area (Å²) >= 11 is 0. The maximum absolute atomic E-state index is 5.95. The van der Waals surface area contributed by atoms with Crippen LogP contribution in [0.5, 0.6) is 0 Å². The monoisotopic (exact) mass is 194 g/mol. The van der Waals surface area contributed by atoms with E-state index in [2.05, 4.69) is 11.9 Å². The fourth-order valence-corrected chi connectivity index (χ4v) is 1.32. The van der Waals surface area contributed by atoms with Crippen LogP contribution in [0, 0.1) is 6.92 Å².